The van der Waals surface area contributed by atoms with Gasteiger partial charge >= 0.3 is 0 Å². The van der Waals surface area contributed by atoms with Crippen LogP contribution < -0.4 is 10.3 Å². The Morgan fingerprint density at radius 2 is 1.77 bits per heavy atom. The molecule has 162 valence electrons. The largest absolute Gasteiger partial charge is 0.489 e. The number of hydrogen-bond acceptors (Lipinski definition) is 4. The fourth-order valence-corrected chi connectivity index (χ4v) is 3.81. The maximum absolute atomic E-state index is 13.0. The van der Waals surface area contributed by atoms with Crippen LogP contribution in [0.3, 0.4) is 0 Å². The highest BCUT2D eigenvalue weighted by atomic mass is 19.1. The topological polar surface area (TPSA) is 43.7 Å². The van der Waals surface area contributed by atoms with E-state index in [4.69, 9.17) is 9.47 Å². The van der Waals surface area contributed by atoms with Crippen molar-refractivity contribution in [2.24, 2.45) is 0 Å². The first-order valence-corrected chi connectivity index (χ1v) is 10.5. The molecule has 5 nitrogen and oxygen atoms in total. The molecule has 0 saturated carbocycles. The molecule has 6 heteroatoms. The predicted octanol–water partition coefficient (Wildman–Crippen LogP) is 3.82. The normalized spacial score (nSPS) is 16.5. The predicted molar refractivity (Wildman–Crippen MR) is 118 cm³/mol. The summed E-state index contributed by atoms with van der Waals surface area (Å²) in [6.45, 7) is 3.38. The number of benzene rings is 2. The van der Waals surface area contributed by atoms with E-state index >= 15 is 0 Å². The quantitative estimate of drug-likeness (QED) is 0.554. The van der Waals surface area contributed by atoms with Gasteiger partial charge < -0.3 is 14.4 Å². The second kappa shape index (κ2) is 9.90. The average molecular weight is 423 g/mol. The molecule has 1 unspecified atom stereocenters. The molecule has 0 bridgehead atoms. The first-order chi connectivity index (χ1) is 15.1. The van der Waals surface area contributed by atoms with Crippen LogP contribution >= 0.6 is 0 Å². The number of hydrogen-bond donors (Lipinski definition) is 0. The molecule has 0 aliphatic carbocycles. The van der Waals surface area contributed by atoms with E-state index in [-0.39, 0.29) is 18.0 Å². The van der Waals surface area contributed by atoms with E-state index in [1.165, 1.54) is 23.8 Å². The van der Waals surface area contributed by atoms with Crippen molar-refractivity contribution in [3.05, 3.63) is 94.2 Å². The van der Waals surface area contributed by atoms with Crippen LogP contribution in [0.5, 0.6) is 5.75 Å². The Morgan fingerprint density at radius 3 is 2.45 bits per heavy atom. The molecule has 0 radical (unpaired) electrons. The van der Waals surface area contributed by atoms with Crippen molar-refractivity contribution in [3.63, 3.8) is 0 Å². The minimum atomic E-state index is -0.284. The Labute approximate surface area is 181 Å². The maximum Gasteiger partial charge on any atom is 0.258 e. The zero-order valence-corrected chi connectivity index (χ0v) is 17.7. The van der Waals surface area contributed by atoms with Gasteiger partial charge in [-0.2, -0.15) is 0 Å². The van der Waals surface area contributed by atoms with Crippen molar-refractivity contribution in [1.29, 1.82) is 0 Å². The third-order valence-corrected chi connectivity index (χ3v) is 5.70. The van der Waals surface area contributed by atoms with Crippen LogP contribution in [-0.4, -0.2) is 42.3 Å². The molecule has 0 amide bonds. The number of methoxy groups -OCH3 is 1. The molecular formula is C25H27FN2O3. The van der Waals surface area contributed by atoms with E-state index in [9.17, 15) is 9.18 Å². The third-order valence-electron chi connectivity index (χ3n) is 5.70. The van der Waals surface area contributed by atoms with E-state index in [1.807, 2.05) is 12.1 Å². The molecule has 2 heterocycles. The van der Waals surface area contributed by atoms with Gasteiger partial charge in [0.15, 0.2) is 0 Å². The summed E-state index contributed by atoms with van der Waals surface area (Å²) in [5.41, 5.74) is 2.75. The third kappa shape index (κ3) is 5.60. The van der Waals surface area contributed by atoms with Gasteiger partial charge in [0.05, 0.1) is 6.10 Å². The van der Waals surface area contributed by atoms with Crippen molar-refractivity contribution in [2.45, 2.75) is 25.6 Å². The van der Waals surface area contributed by atoms with Gasteiger partial charge in [0.25, 0.3) is 5.56 Å². The maximum atomic E-state index is 13.0. The molecule has 1 saturated heterocycles. The summed E-state index contributed by atoms with van der Waals surface area (Å²) in [6, 6.07) is 17.4. The summed E-state index contributed by atoms with van der Waals surface area (Å²) < 4.78 is 25.7. The summed E-state index contributed by atoms with van der Waals surface area (Å²) in [5.74, 6) is 0.204. The van der Waals surface area contributed by atoms with Gasteiger partial charge in [-0.25, -0.2) is 4.39 Å². The fraction of sp³-hybridized carbons (Fsp3) is 0.320. The Morgan fingerprint density at radius 1 is 1.03 bits per heavy atom. The van der Waals surface area contributed by atoms with Gasteiger partial charge in [-0.05, 0) is 54.3 Å². The van der Waals surface area contributed by atoms with Crippen LogP contribution in [-0.2, 0) is 17.8 Å². The summed E-state index contributed by atoms with van der Waals surface area (Å²) in [7, 11) is 1.78. The lowest BCUT2D eigenvalue weighted by molar-refractivity contribution is 0.108. The monoisotopic (exact) mass is 422 g/mol. The van der Waals surface area contributed by atoms with Gasteiger partial charge in [-0.3, -0.25) is 9.36 Å². The molecule has 1 aliphatic heterocycles. The van der Waals surface area contributed by atoms with Crippen LogP contribution in [0, 0.1) is 5.82 Å². The highest BCUT2D eigenvalue weighted by Gasteiger charge is 2.21. The van der Waals surface area contributed by atoms with E-state index < -0.39 is 0 Å². The molecule has 1 aliphatic rings. The molecule has 31 heavy (non-hydrogen) atoms. The average Bonchev–Trinajstić information content (AvgIpc) is 3.26. The molecule has 1 atom stereocenters. The molecule has 1 fully saturated rings. The van der Waals surface area contributed by atoms with Gasteiger partial charge in [-0.1, -0.05) is 24.3 Å². The highest BCUT2D eigenvalue weighted by molar-refractivity contribution is 5.36. The highest BCUT2D eigenvalue weighted by Crippen LogP contribution is 2.15. The number of aromatic nitrogens is 1. The lowest BCUT2D eigenvalue weighted by Gasteiger charge is -2.15. The smallest absolute Gasteiger partial charge is 0.258 e. The molecule has 1 aromatic heterocycles. The summed E-state index contributed by atoms with van der Waals surface area (Å²) in [4.78, 5) is 15.0. The molecule has 0 spiro atoms. The van der Waals surface area contributed by atoms with Gasteiger partial charge in [-0.15, -0.1) is 0 Å². The Bertz CT molecular complexity index is 1050. The second-order valence-corrected chi connectivity index (χ2v) is 7.85. The van der Waals surface area contributed by atoms with Crippen molar-refractivity contribution >= 4 is 0 Å². The summed E-state index contributed by atoms with van der Waals surface area (Å²) in [5, 5.41) is 0. The fourth-order valence-electron chi connectivity index (χ4n) is 3.81. The molecule has 4 rings (SSSR count). The molecule has 0 N–H and O–H groups in total. The van der Waals surface area contributed by atoms with Crippen molar-refractivity contribution < 1.29 is 13.9 Å². The number of nitrogens with zero attached hydrogens (tertiary/aromatic N) is 2. The van der Waals surface area contributed by atoms with E-state index in [1.54, 1.807) is 36.1 Å². The van der Waals surface area contributed by atoms with Gasteiger partial charge in [0.2, 0.25) is 0 Å². The van der Waals surface area contributed by atoms with Gasteiger partial charge in [0, 0.05) is 44.7 Å². The molecule has 3 aromatic rings. The SMILES string of the molecule is COC1CCN(CCc2ccc(-n3ccc(OCc4ccc(F)cc4)cc3=O)cc2)C1. The van der Waals surface area contributed by atoms with Crippen molar-refractivity contribution in [3.8, 4) is 11.4 Å². The zero-order valence-electron chi connectivity index (χ0n) is 17.7. The van der Waals surface area contributed by atoms with Crippen LogP contribution in [0.1, 0.15) is 17.5 Å². The number of pyridine rings is 1. The molecular weight excluding hydrogens is 395 g/mol. The lowest BCUT2D eigenvalue weighted by Crippen LogP contribution is -2.25. The lowest BCUT2D eigenvalue weighted by atomic mass is 10.1. The zero-order chi connectivity index (χ0) is 21.6. The van der Waals surface area contributed by atoms with Crippen LogP contribution in [0.4, 0.5) is 4.39 Å². The number of rotatable bonds is 8. The first kappa shape index (κ1) is 21.3. The number of likely N-dealkylation sites (tertiary alicyclic amines) is 1. The minimum Gasteiger partial charge on any atom is -0.489 e. The summed E-state index contributed by atoms with van der Waals surface area (Å²) >= 11 is 0. The Balaban J connectivity index is 1.34. The minimum absolute atomic E-state index is 0.160. The molecule has 2 aromatic carbocycles. The van der Waals surface area contributed by atoms with Crippen LogP contribution in [0.15, 0.2) is 71.7 Å². The van der Waals surface area contributed by atoms with E-state index in [0.717, 1.165) is 43.7 Å². The van der Waals surface area contributed by atoms with Gasteiger partial charge in [0.1, 0.15) is 18.2 Å². The second-order valence-electron chi connectivity index (χ2n) is 7.85. The van der Waals surface area contributed by atoms with Crippen molar-refractivity contribution in [2.75, 3.05) is 26.7 Å². The van der Waals surface area contributed by atoms with E-state index in [0.29, 0.717) is 11.9 Å². The van der Waals surface area contributed by atoms with Crippen LogP contribution in [0.25, 0.3) is 5.69 Å². The Kier molecular flexibility index (Phi) is 6.79. The summed E-state index contributed by atoms with van der Waals surface area (Å²) in [6.07, 6.45) is 4.15. The Hall–Kier alpha value is -2.96. The van der Waals surface area contributed by atoms with Crippen LogP contribution in [0.2, 0.25) is 0 Å². The standard InChI is InChI=1S/C25H27FN2O3/c1-30-24-11-14-27(17-24)13-10-19-4-8-22(9-5-19)28-15-12-23(16-25(28)29)31-18-20-2-6-21(26)7-3-20/h2-9,12,15-16,24H,10-11,13-14,17-18H2,1H3. The van der Waals surface area contributed by atoms with Crippen molar-refractivity contribution in [1.82, 2.24) is 9.47 Å². The number of ether oxygens (including phenoxy) is 2. The first-order valence-electron chi connectivity index (χ1n) is 10.5. The van der Waals surface area contributed by atoms with E-state index in [2.05, 4.69) is 17.0 Å². The number of halogens is 1.